The van der Waals surface area contributed by atoms with Gasteiger partial charge in [0, 0.05) is 18.5 Å². The normalized spacial score (nSPS) is 13.9. The fourth-order valence-electron chi connectivity index (χ4n) is 2.32. The number of hydrazone groups is 1. The lowest BCUT2D eigenvalue weighted by atomic mass is 10.1. The van der Waals surface area contributed by atoms with Crippen molar-refractivity contribution in [2.75, 3.05) is 10.3 Å². The Morgan fingerprint density at radius 3 is 2.46 bits per heavy atom. The number of hydrogen-bond acceptors (Lipinski definition) is 4. The highest BCUT2D eigenvalue weighted by Gasteiger charge is 2.25. The molecule has 6 nitrogen and oxygen atoms in total. The number of carbonyl (C=O) groups is 2. The molecule has 2 aromatic rings. The van der Waals surface area contributed by atoms with Crippen LogP contribution in [-0.4, -0.2) is 17.5 Å². The summed E-state index contributed by atoms with van der Waals surface area (Å²) in [5.41, 5.74) is 2.02. The first-order chi connectivity index (χ1) is 11.7. The minimum absolute atomic E-state index is 0.142. The van der Waals surface area contributed by atoms with E-state index in [0.29, 0.717) is 29.1 Å². The summed E-state index contributed by atoms with van der Waals surface area (Å²) in [7, 11) is 0. The quantitative estimate of drug-likeness (QED) is 0.944. The standard InChI is InChI=1S/C18H14N4O2/c19-12-13-6-8-14(9-7-13)20-18(24)16-10-11-17(23)22(21-16)15-4-2-1-3-5-15/h1-9H,10-11H2,(H,20,24). The Labute approximate surface area is 139 Å². The second kappa shape index (κ2) is 6.75. The van der Waals surface area contributed by atoms with Crippen LogP contribution in [0.2, 0.25) is 0 Å². The fourth-order valence-corrected chi connectivity index (χ4v) is 2.32. The highest BCUT2D eigenvalue weighted by molar-refractivity contribution is 6.44. The van der Waals surface area contributed by atoms with E-state index in [2.05, 4.69) is 10.4 Å². The van der Waals surface area contributed by atoms with Crippen LogP contribution in [0, 0.1) is 11.3 Å². The lowest BCUT2D eigenvalue weighted by molar-refractivity contribution is -0.118. The van der Waals surface area contributed by atoms with E-state index in [9.17, 15) is 9.59 Å². The average Bonchev–Trinajstić information content (AvgIpc) is 2.63. The van der Waals surface area contributed by atoms with Crippen molar-refractivity contribution in [3.05, 3.63) is 60.2 Å². The van der Waals surface area contributed by atoms with Crippen LogP contribution < -0.4 is 10.3 Å². The molecule has 0 aromatic heterocycles. The molecule has 0 saturated heterocycles. The summed E-state index contributed by atoms with van der Waals surface area (Å²) in [5.74, 6) is -0.496. The lowest BCUT2D eigenvalue weighted by Crippen LogP contribution is -2.36. The van der Waals surface area contributed by atoms with E-state index in [1.54, 1.807) is 36.4 Å². The van der Waals surface area contributed by atoms with Crippen molar-refractivity contribution in [3.8, 4) is 6.07 Å². The molecule has 0 fully saturated rings. The molecule has 3 rings (SSSR count). The SMILES string of the molecule is N#Cc1ccc(NC(=O)C2=NN(c3ccccc3)C(=O)CC2)cc1. The molecule has 1 N–H and O–H groups in total. The Hall–Kier alpha value is -3.46. The van der Waals surface area contributed by atoms with Crippen LogP contribution >= 0.6 is 0 Å². The third-order valence-electron chi connectivity index (χ3n) is 3.57. The molecule has 2 aromatic carbocycles. The van der Waals surface area contributed by atoms with Gasteiger partial charge in [0.2, 0.25) is 5.91 Å². The summed E-state index contributed by atoms with van der Waals surface area (Å²) >= 11 is 0. The lowest BCUT2D eigenvalue weighted by Gasteiger charge is -2.23. The van der Waals surface area contributed by atoms with E-state index in [1.165, 1.54) is 5.01 Å². The maximum absolute atomic E-state index is 12.4. The first kappa shape index (κ1) is 15.4. The van der Waals surface area contributed by atoms with E-state index < -0.39 is 0 Å². The highest BCUT2D eigenvalue weighted by Crippen LogP contribution is 2.20. The third kappa shape index (κ3) is 3.31. The molecule has 0 aliphatic carbocycles. The number of nitrogens with one attached hydrogen (secondary N) is 1. The summed E-state index contributed by atoms with van der Waals surface area (Å²) in [6.45, 7) is 0. The van der Waals surface area contributed by atoms with Gasteiger partial charge in [-0.3, -0.25) is 9.59 Å². The Morgan fingerprint density at radius 2 is 1.79 bits per heavy atom. The van der Waals surface area contributed by atoms with Crippen LogP contribution in [0.1, 0.15) is 18.4 Å². The molecule has 0 bridgehead atoms. The van der Waals surface area contributed by atoms with E-state index in [0.717, 1.165) is 0 Å². The minimum Gasteiger partial charge on any atom is -0.321 e. The number of benzene rings is 2. The fraction of sp³-hybridized carbons (Fsp3) is 0.111. The first-order valence-corrected chi connectivity index (χ1v) is 7.44. The summed E-state index contributed by atoms with van der Waals surface area (Å²) < 4.78 is 0. The second-order valence-corrected chi connectivity index (χ2v) is 5.23. The van der Waals surface area contributed by atoms with Gasteiger partial charge in [0.25, 0.3) is 5.91 Å². The molecule has 0 atom stereocenters. The number of para-hydroxylation sites is 1. The van der Waals surface area contributed by atoms with Crippen LogP contribution in [0.3, 0.4) is 0 Å². The molecule has 1 aliphatic heterocycles. The maximum Gasteiger partial charge on any atom is 0.271 e. The number of rotatable bonds is 3. The first-order valence-electron chi connectivity index (χ1n) is 7.44. The van der Waals surface area contributed by atoms with E-state index in [1.807, 2.05) is 24.3 Å². The Balaban J connectivity index is 1.78. The monoisotopic (exact) mass is 318 g/mol. The Morgan fingerprint density at radius 1 is 1.08 bits per heavy atom. The van der Waals surface area contributed by atoms with Crippen LogP contribution in [0.15, 0.2) is 59.7 Å². The summed E-state index contributed by atoms with van der Waals surface area (Å²) in [5, 5.41) is 17.0. The predicted molar refractivity (Wildman–Crippen MR) is 90.4 cm³/mol. The predicted octanol–water partition coefficient (Wildman–Crippen LogP) is 2.68. The number of anilines is 2. The molecule has 6 heteroatoms. The van der Waals surface area contributed by atoms with Gasteiger partial charge in [0.15, 0.2) is 0 Å². The van der Waals surface area contributed by atoms with Crippen molar-refractivity contribution in [2.45, 2.75) is 12.8 Å². The van der Waals surface area contributed by atoms with Gasteiger partial charge in [-0.1, -0.05) is 18.2 Å². The molecule has 0 spiro atoms. The van der Waals surface area contributed by atoms with Crippen molar-refractivity contribution >= 4 is 28.9 Å². The molecular weight excluding hydrogens is 304 g/mol. The highest BCUT2D eigenvalue weighted by atomic mass is 16.2. The Bertz CT molecular complexity index is 836. The Kier molecular flexibility index (Phi) is 4.34. The molecule has 1 aliphatic rings. The van der Waals surface area contributed by atoms with Gasteiger partial charge in [-0.15, -0.1) is 0 Å². The molecule has 0 saturated carbocycles. The summed E-state index contributed by atoms with van der Waals surface area (Å²) in [6.07, 6.45) is 0.527. The van der Waals surface area contributed by atoms with Crippen LogP contribution in [0.25, 0.3) is 0 Å². The van der Waals surface area contributed by atoms with Crippen molar-refractivity contribution in [1.29, 1.82) is 5.26 Å². The van der Waals surface area contributed by atoms with Gasteiger partial charge in [0.1, 0.15) is 5.71 Å². The molecule has 0 radical (unpaired) electrons. The van der Waals surface area contributed by atoms with E-state index >= 15 is 0 Å². The van der Waals surface area contributed by atoms with Crippen LogP contribution in [-0.2, 0) is 9.59 Å². The number of nitrogens with zero attached hydrogens (tertiary/aromatic N) is 3. The zero-order valence-electron chi connectivity index (χ0n) is 12.8. The van der Waals surface area contributed by atoms with E-state index in [4.69, 9.17) is 5.26 Å². The number of carbonyl (C=O) groups excluding carboxylic acids is 2. The molecule has 1 heterocycles. The number of hydrogen-bond donors (Lipinski definition) is 1. The largest absolute Gasteiger partial charge is 0.321 e. The van der Waals surface area contributed by atoms with Gasteiger partial charge in [-0.05, 0) is 36.4 Å². The molecular formula is C18H14N4O2. The summed E-state index contributed by atoms with van der Waals surface area (Å²) in [4.78, 5) is 24.4. The molecule has 2 amide bonds. The minimum atomic E-state index is -0.354. The topological polar surface area (TPSA) is 85.6 Å². The maximum atomic E-state index is 12.4. The molecule has 24 heavy (non-hydrogen) atoms. The number of nitriles is 1. The van der Waals surface area contributed by atoms with Crippen molar-refractivity contribution in [2.24, 2.45) is 5.10 Å². The molecule has 0 unspecified atom stereocenters. The zero-order chi connectivity index (χ0) is 16.9. The third-order valence-corrected chi connectivity index (χ3v) is 3.57. The summed E-state index contributed by atoms with van der Waals surface area (Å²) in [6, 6.07) is 17.6. The molecule has 118 valence electrons. The van der Waals surface area contributed by atoms with Gasteiger partial charge < -0.3 is 5.32 Å². The van der Waals surface area contributed by atoms with Gasteiger partial charge >= 0.3 is 0 Å². The van der Waals surface area contributed by atoms with Crippen molar-refractivity contribution in [1.82, 2.24) is 0 Å². The van der Waals surface area contributed by atoms with Gasteiger partial charge in [-0.25, -0.2) is 5.01 Å². The van der Waals surface area contributed by atoms with Gasteiger partial charge in [-0.2, -0.15) is 10.4 Å². The van der Waals surface area contributed by atoms with Gasteiger partial charge in [0.05, 0.1) is 17.3 Å². The van der Waals surface area contributed by atoms with Crippen LogP contribution in [0.5, 0.6) is 0 Å². The second-order valence-electron chi connectivity index (χ2n) is 5.23. The van der Waals surface area contributed by atoms with E-state index in [-0.39, 0.29) is 18.2 Å². The van der Waals surface area contributed by atoms with Crippen molar-refractivity contribution in [3.63, 3.8) is 0 Å². The average molecular weight is 318 g/mol. The smallest absolute Gasteiger partial charge is 0.271 e. The zero-order valence-corrected chi connectivity index (χ0v) is 12.8. The van der Waals surface area contributed by atoms with Crippen LogP contribution in [0.4, 0.5) is 11.4 Å². The van der Waals surface area contributed by atoms with Crippen molar-refractivity contribution < 1.29 is 9.59 Å². The number of amides is 2.